The molecule has 0 atom stereocenters. The van der Waals surface area contributed by atoms with Crippen molar-refractivity contribution >= 4 is 34.5 Å². The summed E-state index contributed by atoms with van der Waals surface area (Å²) >= 11 is 0. The maximum Gasteiger partial charge on any atom is 0.427 e. The molecule has 0 aliphatic carbocycles. The number of fused-ring (bicyclic) bond motifs is 1. The summed E-state index contributed by atoms with van der Waals surface area (Å²) in [6, 6.07) is 6.02. The fourth-order valence-corrected chi connectivity index (χ4v) is 6.02. The summed E-state index contributed by atoms with van der Waals surface area (Å²) < 4.78 is 48.0. The van der Waals surface area contributed by atoms with Gasteiger partial charge in [0.25, 0.3) is 11.8 Å². The topological polar surface area (TPSA) is 149 Å². The molecule has 1 fully saturated rings. The fourth-order valence-electron chi connectivity index (χ4n) is 6.02. The minimum absolute atomic E-state index is 0.0544. The molecule has 1 aromatic carbocycles. The van der Waals surface area contributed by atoms with E-state index >= 15 is 0 Å². The minimum Gasteiger partial charge on any atom is -0.505 e. The second-order valence-electron chi connectivity index (χ2n) is 11.5. The molecular weight excluding hydrogens is 633 g/mol. The Bertz CT molecular complexity index is 1980. The molecule has 5 heterocycles. The van der Waals surface area contributed by atoms with E-state index in [1.807, 2.05) is 17.9 Å². The molecule has 48 heavy (non-hydrogen) atoms. The summed E-state index contributed by atoms with van der Waals surface area (Å²) in [6.45, 7) is 4.98. The van der Waals surface area contributed by atoms with Crippen molar-refractivity contribution in [1.82, 2.24) is 24.5 Å². The van der Waals surface area contributed by atoms with E-state index in [-0.39, 0.29) is 66.8 Å². The number of hydrogen-bond donors (Lipinski definition) is 3. The third kappa shape index (κ3) is 6.34. The van der Waals surface area contributed by atoms with E-state index in [1.54, 1.807) is 9.47 Å². The second-order valence-corrected chi connectivity index (χ2v) is 11.5. The Balaban J connectivity index is 1.35. The second kappa shape index (κ2) is 13.1. The Morgan fingerprint density at radius 3 is 2.58 bits per heavy atom. The molecule has 6 rings (SSSR count). The molecule has 13 nitrogen and oxygen atoms in total. The van der Waals surface area contributed by atoms with Crippen molar-refractivity contribution < 1.29 is 37.2 Å². The molecule has 0 radical (unpaired) electrons. The van der Waals surface area contributed by atoms with Crippen LogP contribution in [0.25, 0.3) is 11.4 Å². The highest BCUT2D eigenvalue weighted by molar-refractivity contribution is 5.95. The van der Waals surface area contributed by atoms with Crippen LogP contribution in [0.2, 0.25) is 0 Å². The molecule has 3 N–H and O–H groups in total. The normalized spacial score (nSPS) is 15.5. The quantitative estimate of drug-likeness (QED) is 0.255. The van der Waals surface area contributed by atoms with Crippen LogP contribution in [0.4, 0.5) is 24.5 Å². The Hall–Kier alpha value is -5.25. The van der Waals surface area contributed by atoms with Crippen LogP contribution in [0.3, 0.4) is 0 Å². The lowest BCUT2D eigenvalue weighted by molar-refractivity contribution is -0.670. The van der Waals surface area contributed by atoms with Crippen molar-refractivity contribution in [2.75, 3.05) is 49.6 Å². The number of aromatic amines is 1. The summed E-state index contributed by atoms with van der Waals surface area (Å²) in [5, 5.41) is 15.9. The molecular formula is C32H34F3N8O5+. The number of nitrogens with one attached hydrogen (secondary N) is 2. The van der Waals surface area contributed by atoms with Crippen molar-refractivity contribution in [2.45, 2.75) is 39.4 Å². The van der Waals surface area contributed by atoms with Crippen molar-refractivity contribution in [2.24, 2.45) is 0 Å². The maximum atomic E-state index is 14.1. The number of carbonyl (C=O) groups excluding carboxylic acids is 2. The van der Waals surface area contributed by atoms with Gasteiger partial charge in [0, 0.05) is 56.5 Å². The third-order valence-electron chi connectivity index (χ3n) is 8.48. The van der Waals surface area contributed by atoms with Crippen molar-refractivity contribution in [3.63, 3.8) is 0 Å². The van der Waals surface area contributed by atoms with Crippen LogP contribution in [0.5, 0.6) is 5.75 Å². The Morgan fingerprint density at radius 1 is 1.17 bits per heavy atom. The number of halogens is 3. The van der Waals surface area contributed by atoms with E-state index in [4.69, 9.17) is 9.72 Å². The van der Waals surface area contributed by atoms with Gasteiger partial charge in [0.2, 0.25) is 5.82 Å². The molecule has 3 aromatic heterocycles. The van der Waals surface area contributed by atoms with Crippen LogP contribution in [-0.2, 0) is 28.7 Å². The number of piperazine rings is 1. The van der Waals surface area contributed by atoms with Crippen LogP contribution in [-0.4, -0.2) is 80.8 Å². The van der Waals surface area contributed by atoms with Crippen LogP contribution in [0.15, 0.2) is 47.4 Å². The number of carbonyl (C=O) groups is 2. The number of aryl methyl sites for hydroxylation is 1. The number of rotatable bonds is 7. The zero-order valence-corrected chi connectivity index (χ0v) is 26.3. The zero-order valence-electron chi connectivity index (χ0n) is 26.3. The van der Waals surface area contributed by atoms with Gasteiger partial charge >= 0.3 is 17.5 Å². The number of nitrogens with zero attached hydrogens (tertiary/aromatic N) is 6. The van der Waals surface area contributed by atoms with Crippen LogP contribution in [0, 0.1) is 6.92 Å². The number of benzene rings is 1. The van der Waals surface area contributed by atoms with E-state index in [2.05, 4.69) is 15.4 Å². The highest BCUT2D eigenvalue weighted by Gasteiger charge is 2.34. The molecule has 0 bridgehead atoms. The number of anilines is 2. The van der Waals surface area contributed by atoms with Crippen LogP contribution in [0.1, 0.15) is 46.5 Å². The van der Waals surface area contributed by atoms with Gasteiger partial charge in [-0.2, -0.15) is 13.2 Å². The highest BCUT2D eigenvalue weighted by Crippen LogP contribution is 2.31. The standard InChI is InChI=1S/C32H33F3N8O5/c1-3-23-27(40-11-13-41(14-12-40)29(46)26-24(44)5-4-10-36-26)30(47)43-31(38-28(39-43)20-8-15-48-16-9-20)42(23)18-25(45)37-22-7-6-21(17-19(22)2)32(33,34)35/h4-8,10,17H,3,9,11-16,18H2,1-2H3,(H2,37,44,45,46)/p+1. The molecule has 2 aliphatic rings. The van der Waals surface area contributed by atoms with Gasteiger partial charge in [-0.1, -0.05) is 17.5 Å². The summed E-state index contributed by atoms with van der Waals surface area (Å²) in [6.07, 6.45) is -0.316. The van der Waals surface area contributed by atoms with Gasteiger partial charge in [0.1, 0.15) is 11.4 Å². The Labute approximate surface area is 272 Å². The number of amides is 2. The number of hydrogen-bond acceptors (Lipinski definition) is 8. The third-order valence-corrected chi connectivity index (χ3v) is 8.48. The number of alkyl halides is 3. The Morgan fingerprint density at radius 2 is 1.94 bits per heavy atom. The molecule has 1 saturated heterocycles. The zero-order chi connectivity index (χ0) is 34.2. The molecule has 0 spiro atoms. The predicted molar refractivity (Wildman–Crippen MR) is 168 cm³/mol. The lowest BCUT2D eigenvalue weighted by atomic mass is 10.1. The van der Waals surface area contributed by atoms with E-state index < -0.39 is 23.6 Å². The van der Waals surface area contributed by atoms with Crippen LogP contribution < -0.4 is 20.3 Å². The van der Waals surface area contributed by atoms with Gasteiger partial charge in [-0.3, -0.25) is 9.59 Å². The smallest absolute Gasteiger partial charge is 0.427 e. The first-order chi connectivity index (χ1) is 23.0. The average Bonchev–Trinajstić information content (AvgIpc) is 3.53. The number of pyridine rings is 1. The molecule has 16 heteroatoms. The first kappa shape index (κ1) is 32.7. The molecule has 2 aliphatic heterocycles. The highest BCUT2D eigenvalue weighted by atomic mass is 19.4. The van der Waals surface area contributed by atoms with Crippen molar-refractivity contribution in [3.05, 3.63) is 81.3 Å². The van der Waals surface area contributed by atoms with Gasteiger partial charge in [-0.15, -0.1) is 0 Å². The maximum absolute atomic E-state index is 14.1. The van der Waals surface area contributed by atoms with Crippen molar-refractivity contribution in [3.8, 4) is 5.75 Å². The summed E-state index contributed by atoms with van der Waals surface area (Å²) in [4.78, 5) is 52.9. The van der Waals surface area contributed by atoms with Gasteiger partial charge < -0.3 is 25.0 Å². The molecule has 4 aromatic rings. The number of aromatic nitrogens is 5. The lowest BCUT2D eigenvalue weighted by Crippen LogP contribution is -2.54. The van der Waals surface area contributed by atoms with E-state index in [0.717, 1.165) is 17.7 Å². The fraction of sp³-hybridized carbons (Fsp3) is 0.375. The van der Waals surface area contributed by atoms with Gasteiger partial charge in [0.05, 0.1) is 18.8 Å². The van der Waals surface area contributed by atoms with E-state index in [9.17, 15) is 32.7 Å². The molecule has 0 saturated carbocycles. The lowest BCUT2D eigenvalue weighted by Gasteiger charge is -2.35. The van der Waals surface area contributed by atoms with Crippen LogP contribution >= 0.6 is 0 Å². The van der Waals surface area contributed by atoms with Crippen molar-refractivity contribution in [1.29, 1.82) is 0 Å². The monoisotopic (exact) mass is 667 g/mol. The van der Waals surface area contributed by atoms with E-state index in [0.29, 0.717) is 43.3 Å². The molecule has 2 amide bonds. The SMILES string of the molecule is CCc1c(N2CCN(C(=O)c3ncccc3O)CC2)c(=O)n2[nH]c(C3=CCOCC3)nc2[n+]1CC(=O)Nc1ccc(C(F)(F)F)cc1C. The average molecular weight is 668 g/mol. The van der Waals surface area contributed by atoms with E-state index in [1.165, 1.54) is 35.8 Å². The largest absolute Gasteiger partial charge is 0.505 e. The Kier molecular flexibility index (Phi) is 8.92. The first-order valence-corrected chi connectivity index (χ1v) is 15.5. The number of H-pyrrole nitrogens is 1. The van der Waals surface area contributed by atoms with Gasteiger partial charge in [0.15, 0.2) is 17.9 Å². The summed E-state index contributed by atoms with van der Waals surface area (Å²) in [5.74, 6) is -0.523. The molecule has 0 unspecified atom stereocenters. The molecule has 252 valence electrons. The van der Waals surface area contributed by atoms with Gasteiger partial charge in [-0.25, -0.2) is 19.4 Å². The predicted octanol–water partition coefficient (Wildman–Crippen LogP) is 2.71. The number of aromatic hydroxyl groups is 1. The summed E-state index contributed by atoms with van der Waals surface area (Å²) in [5.41, 5.74) is 0.925. The van der Waals surface area contributed by atoms with Gasteiger partial charge in [-0.05, 0) is 47.8 Å². The summed E-state index contributed by atoms with van der Waals surface area (Å²) in [7, 11) is 0. The minimum atomic E-state index is -4.52. The number of ether oxygens (including phenoxy) is 1. The first-order valence-electron chi connectivity index (χ1n) is 15.5.